The molecule has 106 valence electrons. The van der Waals surface area contributed by atoms with Crippen LogP contribution in [0.1, 0.15) is 30.1 Å². The second kappa shape index (κ2) is 6.44. The Bertz CT molecular complexity index is 590. The first-order valence-corrected chi connectivity index (χ1v) is 7.91. The van der Waals surface area contributed by atoms with Crippen LogP contribution in [0.3, 0.4) is 0 Å². The van der Waals surface area contributed by atoms with Crippen molar-refractivity contribution >= 4 is 31.9 Å². The Morgan fingerprint density at radius 1 is 1.47 bits per heavy atom. The Morgan fingerprint density at radius 2 is 2.11 bits per heavy atom. The van der Waals surface area contributed by atoms with Crippen LogP contribution in [0.2, 0.25) is 0 Å². The van der Waals surface area contributed by atoms with Crippen LogP contribution in [0.15, 0.2) is 21.5 Å². The lowest BCUT2D eigenvalue weighted by Crippen LogP contribution is -2.25. The molecule has 0 fully saturated rings. The summed E-state index contributed by atoms with van der Waals surface area (Å²) in [6.45, 7) is 2.43. The quantitative estimate of drug-likeness (QED) is 0.791. The molecule has 3 N–H and O–H groups in total. The van der Waals surface area contributed by atoms with E-state index in [1.54, 1.807) is 0 Å². The first-order valence-electron chi connectivity index (χ1n) is 5.57. The third kappa shape index (κ3) is 4.26. The first-order chi connectivity index (χ1) is 8.77. The summed E-state index contributed by atoms with van der Waals surface area (Å²) in [6, 6.07) is 1.84. The van der Waals surface area contributed by atoms with Gasteiger partial charge >= 0.3 is 0 Å². The number of sulfonamides is 1. The molecule has 0 aromatic heterocycles. The number of hydrogen-bond acceptors (Lipinski definition) is 3. The molecule has 5 nitrogen and oxygen atoms in total. The zero-order chi connectivity index (χ0) is 14.6. The van der Waals surface area contributed by atoms with Crippen molar-refractivity contribution in [2.75, 3.05) is 6.54 Å². The Balaban J connectivity index is 3.11. The topological polar surface area (TPSA) is 89.3 Å². The maximum Gasteiger partial charge on any atom is 0.252 e. The minimum absolute atomic E-state index is 0.0292. The van der Waals surface area contributed by atoms with Gasteiger partial charge in [0, 0.05) is 11.0 Å². The third-order valence-corrected chi connectivity index (χ3v) is 3.97. The van der Waals surface area contributed by atoms with Crippen molar-refractivity contribution in [3.8, 4) is 0 Å². The summed E-state index contributed by atoms with van der Waals surface area (Å²) in [6.07, 6.45) is 1.71. The van der Waals surface area contributed by atoms with Crippen LogP contribution in [0.5, 0.6) is 0 Å². The van der Waals surface area contributed by atoms with E-state index < -0.39 is 26.6 Å². The van der Waals surface area contributed by atoms with E-state index in [0.29, 0.717) is 6.54 Å². The summed E-state index contributed by atoms with van der Waals surface area (Å²) in [4.78, 5) is 11.1. The maximum atomic E-state index is 13.5. The number of unbranched alkanes of at least 4 members (excludes halogenated alkanes) is 1. The summed E-state index contributed by atoms with van der Waals surface area (Å²) < 4.78 is 36.0. The highest BCUT2D eigenvalue weighted by molar-refractivity contribution is 9.10. The molecule has 0 aliphatic carbocycles. The van der Waals surface area contributed by atoms with E-state index in [9.17, 15) is 17.6 Å². The monoisotopic (exact) mass is 352 g/mol. The molecule has 0 bridgehead atoms. The maximum absolute atomic E-state index is 13.5. The lowest BCUT2D eigenvalue weighted by molar-refractivity contribution is 0.0952. The molecule has 0 heterocycles. The molecule has 0 saturated carbocycles. The summed E-state index contributed by atoms with van der Waals surface area (Å²) in [7, 11) is -4.21. The molecular formula is C11H14BrFN2O3S. The zero-order valence-electron chi connectivity index (χ0n) is 10.2. The van der Waals surface area contributed by atoms with Gasteiger partial charge in [-0.15, -0.1) is 0 Å². The van der Waals surface area contributed by atoms with Crippen LogP contribution in [-0.2, 0) is 10.0 Å². The Kier molecular flexibility index (Phi) is 5.45. The number of carbonyl (C=O) groups excluding carboxylic acids is 1. The van der Waals surface area contributed by atoms with Gasteiger partial charge in [-0.25, -0.2) is 17.9 Å². The van der Waals surface area contributed by atoms with Crippen molar-refractivity contribution in [1.29, 1.82) is 0 Å². The zero-order valence-corrected chi connectivity index (χ0v) is 12.6. The molecule has 0 aliphatic heterocycles. The Labute approximate surface area is 119 Å². The third-order valence-electron chi connectivity index (χ3n) is 2.39. The van der Waals surface area contributed by atoms with Gasteiger partial charge in [-0.3, -0.25) is 4.79 Å². The summed E-state index contributed by atoms with van der Waals surface area (Å²) >= 11 is 3.02. The van der Waals surface area contributed by atoms with E-state index in [0.717, 1.165) is 25.0 Å². The van der Waals surface area contributed by atoms with Gasteiger partial charge in [0.1, 0.15) is 10.7 Å². The molecule has 1 aromatic carbocycles. The second-order valence-electron chi connectivity index (χ2n) is 3.92. The predicted octanol–water partition coefficient (Wildman–Crippen LogP) is 1.77. The number of nitrogens with one attached hydrogen (secondary N) is 1. The normalized spacial score (nSPS) is 11.4. The minimum Gasteiger partial charge on any atom is -0.352 e. The smallest absolute Gasteiger partial charge is 0.252 e. The van der Waals surface area contributed by atoms with Crippen LogP contribution < -0.4 is 10.5 Å². The van der Waals surface area contributed by atoms with Crippen LogP contribution in [0.4, 0.5) is 4.39 Å². The minimum atomic E-state index is -4.21. The van der Waals surface area contributed by atoms with Crippen molar-refractivity contribution in [3.05, 3.63) is 28.0 Å². The highest BCUT2D eigenvalue weighted by Gasteiger charge is 2.20. The average molecular weight is 353 g/mol. The van der Waals surface area contributed by atoms with E-state index >= 15 is 0 Å². The van der Waals surface area contributed by atoms with Gasteiger partial charge in [0.25, 0.3) is 5.91 Å². The largest absolute Gasteiger partial charge is 0.352 e. The number of halogens is 2. The molecule has 0 radical (unpaired) electrons. The molecule has 0 unspecified atom stereocenters. The van der Waals surface area contributed by atoms with Gasteiger partial charge < -0.3 is 5.32 Å². The second-order valence-corrected chi connectivity index (χ2v) is 6.30. The van der Waals surface area contributed by atoms with E-state index in [-0.39, 0.29) is 10.0 Å². The number of rotatable bonds is 5. The Morgan fingerprint density at radius 3 is 2.63 bits per heavy atom. The van der Waals surface area contributed by atoms with Crippen LogP contribution >= 0.6 is 15.9 Å². The molecule has 0 aliphatic rings. The lowest BCUT2D eigenvalue weighted by atomic mass is 10.2. The van der Waals surface area contributed by atoms with Gasteiger partial charge in [0.05, 0.1) is 5.56 Å². The van der Waals surface area contributed by atoms with Crippen molar-refractivity contribution in [2.24, 2.45) is 5.14 Å². The summed E-state index contributed by atoms with van der Waals surface area (Å²) in [5.41, 5.74) is 0.0292. The van der Waals surface area contributed by atoms with Crippen molar-refractivity contribution in [2.45, 2.75) is 24.7 Å². The number of hydrogen-bond donors (Lipinski definition) is 2. The standard InChI is InChI=1S/C11H14BrFN2O3S/c1-2-3-4-15-11(16)7-5-10(19(14,17)18)9(13)6-8(7)12/h5-6H,2-4H2,1H3,(H,15,16)(H2,14,17,18). The summed E-state index contributed by atoms with van der Waals surface area (Å²) in [5.74, 6) is -1.48. The van der Waals surface area contributed by atoms with Crippen LogP contribution in [0.25, 0.3) is 0 Å². The molecular weight excluding hydrogens is 339 g/mol. The molecule has 19 heavy (non-hydrogen) atoms. The van der Waals surface area contributed by atoms with Gasteiger partial charge in [0.15, 0.2) is 0 Å². The van der Waals surface area contributed by atoms with Crippen molar-refractivity contribution in [1.82, 2.24) is 5.32 Å². The fourth-order valence-corrected chi connectivity index (χ4v) is 2.50. The number of nitrogens with two attached hydrogens (primary N) is 1. The number of primary sulfonamides is 1. The van der Waals surface area contributed by atoms with E-state index in [4.69, 9.17) is 5.14 Å². The molecule has 0 spiro atoms. The molecule has 0 saturated heterocycles. The van der Waals surface area contributed by atoms with Crippen molar-refractivity contribution < 1.29 is 17.6 Å². The Hall–Kier alpha value is -0.990. The average Bonchev–Trinajstić information content (AvgIpc) is 2.27. The molecule has 1 rings (SSSR count). The number of carbonyl (C=O) groups is 1. The van der Waals surface area contributed by atoms with Crippen LogP contribution in [0, 0.1) is 5.82 Å². The van der Waals surface area contributed by atoms with E-state index in [1.165, 1.54) is 0 Å². The molecule has 8 heteroatoms. The molecule has 0 atom stereocenters. The van der Waals surface area contributed by atoms with Gasteiger partial charge in [-0.2, -0.15) is 0 Å². The predicted molar refractivity (Wildman–Crippen MR) is 72.7 cm³/mol. The van der Waals surface area contributed by atoms with Crippen LogP contribution in [-0.4, -0.2) is 20.9 Å². The fourth-order valence-electron chi connectivity index (χ4n) is 1.40. The summed E-state index contributed by atoms with van der Waals surface area (Å²) in [5, 5.41) is 7.50. The van der Waals surface area contributed by atoms with Gasteiger partial charge in [0.2, 0.25) is 10.0 Å². The highest BCUT2D eigenvalue weighted by Crippen LogP contribution is 2.23. The van der Waals surface area contributed by atoms with E-state index in [1.807, 2.05) is 6.92 Å². The fraction of sp³-hybridized carbons (Fsp3) is 0.364. The van der Waals surface area contributed by atoms with Gasteiger partial charge in [-0.05, 0) is 34.5 Å². The number of amides is 1. The van der Waals surface area contributed by atoms with Gasteiger partial charge in [-0.1, -0.05) is 13.3 Å². The van der Waals surface area contributed by atoms with Crippen molar-refractivity contribution in [3.63, 3.8) is 0 Å². The highest BCUT2D eigenvalue weighted by atomic mass is 79.9. The molecule has 1 amide bonds. The molecule has 1 aromatic rings. The number of benzene rings is 1. The van der Waals surface area contributed by atoms with E-state index in [2.05, 4.69) is 21.2 Å². The lowest BCUT2D eigenvalue weighted by Gasteiger charge is -2.09. The first kappa shape index (κ1) is 16.1. The SMILES string of the molecule is CCCCNC(=O)c1cc(S(N)(=O)=O)c(F)cc1Br.